The van der Waals surface area contributed by atoms with Crippen molar-refractivity contribution in [2.75, 3.05) is 12.4 Å². The monoisotopic (exact) mass is 305 g/mol. The third-order valence-corrected chi connectivity index (χ3v) is 3.09. The Balaban J connectivity index is 2.24. The number of anilines is 1. The Morgan fingerprint density at radius 3 is 2.64 bits per heavy atom. The first kappa shape index (κ1) is 15.7. The standard InChI is InChI=1S/C15H16FN3O3/c1-4-19-9(2)5-13(18-19)14(20)17-12-7-10(15(21)22-3)6-11(16)8-12/h5-8H,4H2,1-3H3,(H,17,20). The molecule has 22 heavy (non-hydrogen) atoms. The van der Waals surface area contributed by atoms with E-state index in [1.807, 2.05) is 13.8 Å². The minimum atomic E-state index is -0.680. The van der Waals surface area contributed by atoms with Crippen molar-refractivity contribution in [3.05, 3.63) is 47.0 Å². The van der Waals surface area contributed by atoms with Crippen LogP contribution in [0.4, 0.5) is 10.1 Å². The summed E-state index contributed by atoms with van der Waals surface area (Å²) in [5.74, 6) is -1.80. The van der Waals surface area contributed by atoms with E-state index in [-0.39, 0.29) is 16.9 Å². The summed E-state index contributed by atoms with van der Waals surface area (Å²) in [7, 11) is 1.20. The lowest BCUT2D eigenvalue weighted by molar-refractivity contribution is 0.0600. The number of hydrogen-bond donors (Lipinski definition) is 1. The van der Waals surface area contributed by atoms with Crippen LogP contribution in [0.15, 0.2) is 24.3 Å². The number of hydrogen-bond acceptors (Lipinski definition) is 4. The average molecular weight is 305 g/mol. The predicted octanol–water partition coefficient (Wildman–Crippen LogP) is 2.39. The molecule has 0 saturated heterocycles. The number of aromatic nitrogens is 2. The van der Waals surface area contributed by atoms with Crippen LogP contribution < -0.4 is 5.32 Å². The summed E-state index contributed by atoms with van der Waals surface area (Å²) in [5, 5.41) is 6.66. The van der Waals surface area contributed by atoms with Crippen LogP contribution in [0.1, 0.15) is 33.5 Å². The zero-order valence-corrected chi connectivity index (χ0v) is 12.5. The largest absolute Gasteiger partial charge is 0.465 e. The van der Waals surface area contributed by atoms with E-state index < -0.39 is 17.7 Å². The molecule has 2 aromatic rings. The molecule has 1 aromatic heterocycles. The van der Waals surface area contributed by atoms with E-state index in [2.05, 4.69) is 15.2 Å². The number of aryl methyl sites for hydroxylation is 2. The number of benzene rings is 1. The highest BCUT2D eigenvalue weighted by Gasteiger charge is 2.14. The first-order valence-corrected chi connectivity index (χ1v) is 6.69. The maximum atomic E-state index is 13.5. The van der Waals surface area contributed by atoms with Crippen LogP contribution in [0.25, 0.3) is 0 Å². The van der Waals surface area contributed by atoms with Gasteiger partial charge >= 0.3 is 5.97 Å². The number of nitrogens with one attached hydrogen (secondary N) is 1. The molecule has 1 aromatic carbocycles. The number of carbonyl (C=O) groups excluding carboxylic acids is 2. The van der Waals surface area contributed by atoms with Gasteiger partial charge in [0.05, 0.1) is 12.7 Å². The highest BCUT2D eigenvalue weighted by Crippen LogP contribution is 2.16. The number of amides is 1. The Hall–Kier alpha value is -2.70. The van der Waals surface area contributed by atoms with Gasteiger partial charge < -0.3 is 10.1 Å². The molecule has 1 heterocycles. The Kier molecular flexibility index (Phi) is 4.55. The van der Waals surface area contributed by atoms with Gasteiger partial charge in [-0.05, 0) is 38.1 Å². The third kappa shape index (κ3) is 3.30. The molecular formula is C15H16FN3O3. The summed E-state index contributed by atoms with van der Waals surface area (Å²) in [6.45, 7) is 4.40. The van der Waals surface area contributed by atoms with Crippen molar-refractivity contribution in [1.82, 2.24) is 9.78 Å². The molecule has 0 aliphatic heterocycles. The van der Waals surface area contributed by atoms with Crippen LogP contribution in [-0.2, 0) is 11.3 Å². The van der Waals surface area contributed by atoms with Gasteiger partial charge in [0.25, 0.3) is 5.91 Å². The van der Waals surface area contributed by atoms with Gasteiger partial charge in [0.15, 0.2) is 5.69 Å². The molecule has 0 aliphatic rings. The van der Waals surface area contributed by atoms with Gasteiger partial charge in [-0.3, -0.25) is 9.48 Å². The lowest BCUT2D eigenvalue weighted by Gasteiger charge is -2.06. The Bertz CT molecular complexity index is 725. The van der Waals surface area contributed by atoms with Gasteiger partial charge in [0.1, 0.15) is 5.82 Å². The molecule has 0 aliphatic carbocycles. The van der Waals surface area contributed by atoms with Crippen LogP contribution in [0.2, 0.25) is 0 Å². The fourth-order valence-corrected chi connectivity index (χ4v) is 2.03. The normalized spacial score (nSPS) is 10.4. The Labute approximate surface area is 126 Å². The molecule has 0 atom stereocenters. The van der Waals surface area contributed by atoms with Crippen molar-refractivity contribution >= 4 is 17.6 Å². The molecule has 6 nitrogen and oxygen atoms in total. The molecule has 0 fully saturated rings. The fraction of sp³-hybridized carbons (Fsp3) is 0.267. The Morgan fingerprint density at radius 1 is 1.32 bits per heavy atom. The van der Waals surface area contributed by atoms with E-state index in [1.165, 1.54) is 13.2 Å². The van der Waals surface area contributed by atoms with Gasteiger partial charge in [-0.2, -0.15) is 5.10 Å². The molecule has 0 unspecified atom stereocenters. The molecule has 1 N–H and O–H groups in total. The maximum Gasteiger partial charge on any atom is 0.338 e. The van der Waals surface area contributed by atoms with E-state index in [4.69, 9.17) is 0 Å². The van der Waals surface area contributed by atoms with Crippen molar-refractivity contribution in [2.24, 2.45) is 0 Å². The quantitative estimate of drug-likeness (QED) is 0.880. The van der Waals surface area contributed by atoms with E-state index in [0.29, 0.717) is 6.54 Å². The zero-order valence-electron chi connectivity index (χ0n) is 12.5. The summed E-state index contributed by atoms with van der Waals surface area (Å²) in [5.41, 5.74) is 1.26. The maximum absolute atomic E-state index is 13.5. The highest BCUT2D eigenvalue weighted by atomic mass is 19.1. The fourth-order valence-electron chi connectivity index (χ4n) is 2.03. The predicted molar refractivity (Wildman–Crippen MR) is 78.3 cm³/mol. The molecule has 0 bridgehead atoms. The number of halogens is 1. The average Bonchev–Trinajstić information content (AvgIpc) is 2.87. The molecule has 7 heteroatoms. The zero-order chi connectivity index (χ0) is 16.3. The lowest BCUT2D eigenvalue weighted by atomic mass is 10.2. The summed E-state index contributed by atoms with van der Waals surface area (Å²) >= 11 is 0. The summed E-state index contributed by atoms with van der Waals surface area (Å²) in [6, 6.07) is 5.14. The molecule has 0 radical (unpaired) electrons. The van der Waals surface area contributed by atoms with Crippen molar-refractivity contribution in [2.45, 2.75) is 20.4 Å². The first-order valence-electron chi connectivity index (χ1n) is 6.69. The van der Waals surface area contributed by atoms with Crippen LogP contribution in [0.5, 0.6) is 0 Å². The van der Waals surface area contributed by atoms with Crippen molar-refractivity contribution in [3.8, 4) is 0 Å². The van der Waals surface area contributed by atoms with E-state index in [9.17, 15) is 14.0 Å². The second kappa shape index (κ2) is 6.38. The number of esters is 1. The summed E-state index contributed by atoms with van der Waals surface area (Å²) in [6.07, 6.45) is 0. The van der Waals surface area contributed by atoms with E-state index in [1.54, 1.807) is 10.7 Å². The smallest absolute Gasteiger partial charge is 0.338 e. The van der Waals surface area contributed by atoms with Gasteiger partial charge in [0.2, 0.25) is 0 Å². The number of nitrogens with zero attached hydrogens (tertiary/aromatic N) is 2. The number of rotatable bonds is 4. The molecule has 0 saturated carbocycles. The van der Waals surface area contributed by atoms with Crippen LogP contribution in [0.3, 0.4) is 0 Å². The molecule has 2 rings (SSSR count). The van der Waals surface area contributed by atoms with E-state index >= 15 is 0 Å². The number of carbonyl (C=O) groups is 2. The van der Waals surface area contributed by atoms with Crippen LogP contribution >= 0.6 is 0 Å². The van der Waals surface area contributed by atoms with Crippen LogP contribution in [-0.4, -0.2) is 28.8 Å². The minimum absolute atomic E-state index is 0.0214. The second-order valence-corrected chi connectivity index (χ2v) is 4.66. The van der Waals surface area contributed by atoms with E-state index in [0.717, 1.165) is 17.8 Å². The summed E-state index contributed by atoms with van der Waals surface area (Å²) < 4.78 is 19.7. The van der Waals surface area contributed by atoms with Gasteiger partial charge in [-0.1, -0.05) is 0 Å². The summed E-state index contributed by atoms with van der Waals surface area (Å²) in [4.78, 5) is 23.6. The molecule has 1 amide bonds. The van der Waals surface area contributed by atoms with Crippen molar-refractivity contribution in [1.29, 1.82) is 0 Å². The van der Waals surface area contributed by atoms with Crippen molar-refractivity contribution < 1.29 is 18.7 Å². The third-order valence-electron chi connectivity index (χ3n) is 3.09. The first-order chi connectivity index (χ1) is 10.4. The van der Waals surface area contributed by atoms with Crippen molar-refractivity contribution in [3.63, 3.8) is 0 Å². The lowest BCUT2D eigenvalue weighted by Crippen LogP contribution is -2.14. The van der Waals surface area contributed by atoms with Gasteiger partial charge in [-0.15, -0.1) is 0 Å². The van der Waals surface area contributed by atoms with Gasteiger partial charge in [-0.25, -0.2) is 9.18 Å². The molecule has 116 valence electrons. The second-order valence-electron chi connectivity index (χ2n) is 4.66. The molecule has 0 spiro atoms. The number of ether oxygens (including phenoxy) is 1. The van der Waals surface area contributed by atoms with Gasteiger partial charge in [0, 0.05) is 17.9 Å². The topological polar surface area (TPSA) is 73.2 Å². The SMILES string of the molecule is CCn1nc(C(=O)Nc2cc(F)cc(C(=O)OC)c2)cc1C. The number of methoxy groups -OCH3 is 1. The highest BCUT2D eigenvalue weighted by molar-refractivity contribution is 6.03. The minimum Gasteiger partial charge on any atom is -0.465 e. The molecular weight excluding hydrogens is 289 g/mol. The van der Waals surface area contributed by atoms with Crippen LogP contribution in [0, 0.1) is 12.7 Å². The Morgan fingerprint density at radius 2 is 2.05 bits per heavy atom.